The number of allylic oxidation sites excluding steroid dienone is 2. The Morgan fingerprint density at radius 2 is 2.00 bits per heavy atom. The molecule has 1 aromatic rings. The average Bonchev–Trinajstić information content (AvgIpc) is 2.90. The van der Waals surface area contributed by atoms with Gasteiger partial charge < -0.3 is 5.11 Å². The number of phenolic OH excluding ortho intramolecular Hbond substituents is 1. The van der Waals surface area contributed by atoms with Crippen LogP contribution in [0.5, 0.6) is 5.75 Å². The predicted octanol–water partition coefficient (Wildman–Crippen LogP) is 2.79. The van der Waals surface area contributed by atoms with Crippen molar-refractivity contribution in [2.45, 2.75) is 12.8 Å². The first-order chi connectivity index (χ1) is 7.75. The summed E-state index contributed by atoms with van der Waals surface area (Å²) < 4.78 is 0. The molecule has 2 nitrogen and oxygen atoms in total. The average molecular weight is 214 g/mol. The van der Waals surface area contributed by atoms with Gasteiger partial charge in [-0.3, -0.25) is 4.79 Å². The predicted molar refractivity (Wildman–Crippen MR) is 61.3 cm³/mol. The summed E-state index contributed by atoms with van der Waals surface area (Å²) in [5.74, 6) is 1.29. The third kappa shape index (κ3) is 1.37. The van der Waals surface area contributed by atoms with E-state index >= 15 is 0 Å². The Morgan fingerprint density at radius 3 is 2.62 bits per heavy atom. The highest BCUT2D eigenvalue weighted by atomic mass is 16.3. The zero-order valence-corrected chi connectivity index (χ0v) is 8.97. The van der Waals surface area contributed by atoms with Crippen LogP contribution in [0.25, 0.3) is 0 Å². The number of benzene rings is 1. The van der Waals surface area contributed by atoms with Crippen LogP contribution >= 0.6 is 0 Å². The van der Waals surface area contributed by atoms with E-state index in [9.17, 15) is 9.90 Å². The third-order valence-electron chi connectivity index (χ3n) is 3.79. The van der Waals surface area contributed by atoms with Crippen LogP contribution in [0.1, 0.15) is 23.2 Å². The topological polar surface area (TPSA) is 37.3 Å². The lowest BCUT2D eigenvalue weighted by Gasteiger charge is -2.17. The first-order valence-electron chi connectivity index (χ1n) is 5.76. The van der Waals surface area contributed by atoms with E-state index in [4.69, 9.17) is 0 Å². The molecule has 0 amide bonds. The Morgan fingerprint density at radius 1 is 1.19 bits per heavy atom. The normalized spacial score (nSPS) is 30.9. The monoisotopic (exact) mass is 214 g/mol. The maximum absolute atomic E-state index is 12.3. The van der Waals surface area contributed by atoms with Gasteiger partial charge in [0.1, 0.15) is 5.75 Å². The Bertz CT molecular complexity index is 462. The van der Waals surface area contributed by atoms with E-state index in [1.165, 1.54) is 0 Å². The second-order valence-corrected chi connectivity index (χ2v) is 4.77. The van der Waals surface area contributed by atoms with E-state index < -0.39 is 0 Å². The fraction of sp³-hybridized carbons (Fsp3) is 0.357. The molecule has 0 unspecified atom stereocenters. The first kappa shape index (κ1) is 9.64. The molecule has 1 saturated carbocycles. The van der Waals surface area contributed by atoms with Crippen LogP contribution in [0.2, 0.25) is 0 Å². The quantitative estimate of drug-likeness (QED) is 0.607. The minimum atomic E-state index is 0.0864. The van der Waals surface area contributed by atoms with E-state index in [2.05, 4.69) is 12.2 Å². The standard InChI is InChI=1S/C14H14O2/c15-13-4-2-1-3-11(13)14(16)12-8-9-5-6-10(12)7-9/h1-6,9-10,12,15H,7-8H2/t9-,10+,12-/m1/s1. The number of rotatable bonds is 2. The van der Waals surface area contributed by atoms with Crippen molar-refractivity contribution in [1.82, 2.24) is 0 Å². The molecule has 1 N–H and O–H groups in total. The summed E-state index contributed by atoms with van der Waals surface area (Å²) in [5, 5.41) is 9.67. The highest BCUT2D eigenvalue weighted by Gasteiger charge is 2.40. The summed E-state index contributed by atoms with van der Waals surface area (Å²) in [7, 11) is 0. The van der Waals surface area contributed by atoms with Crippen LogP contribution in [0.4, 0.5) is 0 Å². The van der Waals surface area contributed by atoms with Gasteiger partial charge in [0.25, 0.3) is 0 Å². The van der Waals surface area contributed by atoms with Crippen molar-refractivity contribution in [2.24, 2.45) is 17.8 Å². The van der Waals surface area contributed by atoms with Crippen molar-refractivity contribution >= 4 is 5.78 Å². The molecule has 3 rings (SSSR count). The molecule has 16 heavy (non-hydrogen) atoms. The van der Waals surface area contributed by atoms with Gasteiger partial charge in [0, 0.05) is 5.92 Å². The van der Waals surface area contributed by atoms with Gasteiger partial charge in [0.2, 0.25) is 0 Å². The van der Waals surface area contributed by atoms with Gasteiger partial charge in [0.15, 0.2) is 5.78 Å². The Balaban J connectivity index is 1.89. The maximum Gasteiger partial charge on any atom is 0.170 e. The number of carbonyl (C=O) groups excluding carboxylic acids is 1. The minimum Gasteiger partial charge on any atom is -0.507 e. The van der Waals surface area contributed by atoms with Crippen molar-refractivity contribution in [1.29, 1.82) is 0 Å². The molecule has 0 heterocycles. The summed E-state index contributed by atoms with van der Waals surface area (Å²) >= 11 is 0. The van der Waals surface area contributed by atoms with Gasteiger partial charge in [-0.2, -0.15) is 0 Å². The molecule has 1 aromatic carbocycles. The van der Waals surface area contributed by atoms with E-state index in [-0.39, 0.29) is 17.5 Å². The molecule has 0 spiro atoms. The Labute approximate surface area is 94.6 Å². The molecule has 2 aliphatic rings. The highest BCUT2D eigenvalue weighted by Crippen LogP contribution is 2.45. The zero-order valence-electron chi connectivity index (χ0n) is 8.97. The molecular weight excluding hydrogens is 200 g/mol. The van der Waals surface area contributed by atoms with Crippen molar-refractivity contribution in [3.63, 3.8) is 0 Å². The second-order valence-electron chi connectivity index (χ2n) is 4.77. The Kier molecular flexibility index (Phi) is 2.10. The van der Waals surface area contributed by atoms with Crippen molar-refractivity contribution in [3.8, 4) is 5.75 Å². The molecule has 82 valence electrons. The van der Waals surface area contributed by atoms with E-state index in [0.717, 1.165) is 12.8 Å². The Hall–Kier alpha value is -1.57. The van der Waals surface area contributed by atoms with Crippen LogP contribution in [-0.2, 0) is 0 Å². The molecule has 1 fully saturated rings. The first-order valence-corrected chi connectivity index (χ1v) is 5.76. The summed E-state index contributed by atoms with van der Waals surface area (Å²) in [6, 6.07) is 6.84. The highest BCUT2D eigenvalue weighted by molar-refractivity contribution is 6.00. The number of Topliss-reactive ketones (excluding diaryl/α,β-unsaturated/α-hetero) is 1. The molecular formula is C14H14O2. The third-order valence-corrected chi connectivity index (χ3v) is 3.79. The molecule has 0 aromatic heterocycles. The summed E-state index contributed by atoms with van der Waals surface area (Å²) in [4.78, 5) is 12.3. The van der Waals surface area contributed by atoms with Crippen LogP contribution < -0.4 is 0 Å². The van der Waals surface area contributed by atoms with Crippen LogP contribution in [0.15, 0.2) is 36.4 Å². The van der Waals surface area contributed by atoms with E-state index in [1.54, 1.807) is 24.3 Å². The van der Waals surface area contributed by atoms with Gasteiger partial charge in [-0.1, -0.05) is 24.3 Å². The molecule has 0 saturated heterocycles. The van der Waals surface area contributed by atoms with Crippen LogP contribution in [0, 0.1) is 17.8 Å². The lowest BCUT2D eigenvalue weighted by atomic mass is 9.86. The molecule has 0 radical (unpaired) electrons. The van der Waals surface area contributed by atoms with Gasteiger partial charge in [-0.25, -0.2) is 0 Å². The fourth-order valence-electron chi connectivity index (χ4n) is 2.96. The van der Waals surface area contributed by atoms with E-state index in [0.29, 0.717) is 17.4 Å². The van der Waals surface area contributed by atoms with Crippen molar-refractivity contribution < 1.29 is 9.90 Å². The number of ketones is 1. The number of phenols is 1. The second kappa shape index (κ2) is 3.48. The number of fused-ring (bicyclic) bond motifs is 2. The van der Waals surface area contributed by atoms with Crippen molar-refractivity contribution in [2.75, 3.05) is 0 Å². The summed E-state index contributed by atoms with van der Waals surface area (Å²) in [6.45, 7) is 0. The van der Waals surface area contributed by atoms with Crippen LogP contribution in [-0.4, -0.2) is 10.9 Å². The van der Waals surface area contributed by atoms with Gasteiger partial charge in [0.05, 0.1) is 5.56 Å². The number of para-hydroxylation sites is 1. The smallest absolute Gasteiger partial charge is 0.170 e. The van der Waals surface area contributed by atoms with E-state index in [1.807, 2.05) is 0 Å². The van der Waals surface area contributed by atoms with Gasteiger partial charge >= 0.3 is 0 Å². The van der Waals surface area contributed by atoms with Gasteiger partial charge in [-0.15, -0.1) is 0 Å². The maximum atomic E-state index is 12.3. The zero-order chi connectivity index (χ0) is 11.1. The number of aromatic hydroxyl groups is 1. The summed E-state index contributed by atoms with van der Waals surface area (Å²) in [6.07, 6.45) is 6.45. The van der Waals surface area contributed by atoms with Gasteiger partial charge in [-0.05, 0) is 36.8 Å². The van der Waals surface area contributed by atoms with Crippen LogP contribution in [0.3, 0.4) is 0 Å². The molecule has 2 bridgehead atoms. The molecule has 2 aliphatic carbocycles. The number of carbonyl (C=O) groups is 1. The lowest BCUT2D eigenvalue weighted by Crippen LogP contribution is -2.19. The lowest BCUT2D eigenvalue weighted by molar-refractivity contribution is 0.0898. The molecule has 3 atom stereocenters. The van der Waals surface area contributed by atoms with Crippen molar-refractivity contribution in [3.05, 3.63) is 42.0 Å². The SMILES string of the molecule is O=C(c1ccccc1O)[C@@H]1C[C@@H]2C=C[C@H]1C2. The largest absolute Gasteiger partial charge is 0.507 e. The minimum absolute atomic E-state index is 0.0864. The molecule has 2 heteroatoms. The number of hydrogen-bond acceptors (Lipinski definition) is 2. The fourth-order valence-corrected chi connectivity index (χ4v) is 2.96. The molecule has 0 aliphatic heterocycles. The summed E-state index contributed by atoms with van der Waals surface area (Å²) in [5.41, 5.74) is 0.480. The number of hydrogen-bond donors (Lipinski definition) is 1.